The number of carbonyl (C=O) groups excluding carboxylic acids is 1. The van der Waals surface area contributed by atoms with E-state index < -0.39 is 47.5 Å². The molecule has 21 heteroatoms. The molecule has 0 radical (unpaired) electrons. The number of hydrogen-bond acceptors (Lipinski definition) is 14. The molecule has 3 aliphatic heterocycles. The third-order valence-corrected chi connectivity index (χ3v) is 16.1. The van der Waals surface area contributed by atoms with Gasteiger partial charge in [-0.1, -0.05) is 43.2 Å². The molecule has 1 aliphatic carbocycles. The number of sulfonamides is 1. The van der Waals surface area contributed by atoms with Gasteiger partial charge in [-0.25, -0.2) is 26.4 Å². The Balaban J connectivity index is 0.961. The van der Waals surface area contributed by atoms with Crippen LogP contribution in [0.25, 0.3) is 16.6 Å². The number of pyridine rings is 1. The minimum absolute atomic E-state index is 0.0248. The van der Waals surface area contributed by atoms with E-state index in [0.717, 1.165) is 74.1 Å². The predicted molar refractivity (Wildman–Crippen MR) is 264 cm³/mol. The lowest BCUT2D eigenvalue weighted by Crippen LogP contribution is -2.47. The van der Waals surface area contributed by atoms with Crippen molar-refractivity contribution < 1.29 is 31.8 Å². The minimum Gasteiger partial charge on any atom is -0.474 e. The van der Waals surface area contributed by atoms with Crippen molar-refractivity contribution in [2.24, 2.45) is 5.41 Å². The highest BCUT2D eigenvalue weighted by Crippen LogP contribution is 2.44. The van der Waals surface area contributed by atoms with E-state index in [1.165, 1.54) is 39.4 Å². The summed E-state index contributed by atoms with van der Waals surface area (Å²) in [6.45, 7) is 9.98. The molecular weight excluding hydrogens is 932 g/mol. The Bertz CT molecular complexity index is 3010. The summed E-state index contributed by atoms with van der Waals surface area (Å²) < 4.78 is 63.5. The van der Waals surface area contributed by atoms with Gasteiger partial charge >= 0.3 is 0 Å². The number of morpholine rings is 1. The quantitative estimate of drug-likeness (QED) is 0.0675. The first kappa shape index (κ1) is 47.3. The first-order valence-electron chi connectivity index (χ1n) is 22.6. The summed E-state index contributed by atoms with van der Waals surface area (Å²) in [5, 5.41) is 16.8. The highest BCUT2D eigenvalue weighted by molar-refractivity contribution is 7.90. The Morgan fingerprint density at radius 2 is 1.76 bits per heavy atom. The standard InChI is InChI=1S/C47H55ClN10O8S2/c1-47(2)14-12-33(39(27-47)31-4-6-34(48)7-5-31)29-54-16-18-55(19-17-54)35-8-10-38(41(25-35)57-21-23-66-46-43(57)24-32-13-15-50-44(32)52-46)45(59)53-68(63,64)37-9-11-40(42(26-37)58(60)61)51-28-36-30-56(20-22-65-36)67(3,49)62/h4-11,13,15,24-26,36,49,51H,12,14,16-23,27-30H2,1-3H3,(H,50,52)(H,53,59). The van der Waals surface area contributed by atoms with Crippen molar-refractivity contribution in [1.29, 1.82) is 4.78 Å². The van der Waals surface area contributed by atoms with Crippen LogP contribution in [0.5, 0.6) is 5.88 Å². The highest BCUT2D eigenvalue weighted by atomic mass is 35.5. The summed E-state index contributed by atoms with van der Waals surface area (Å²) in [5.41, 5.74) is 6.40. The van der Waals surface area contributed by atoms with Crippen LogP contribution in [-0.4, -0.2) is 127 Å². The fourth-order valence-electron chi connectivity index (χ4n) is 9.46. The van der Waals surface area contributed by atoms with Gasteiger partial charge in [-0.15, -0.1) is 0 Å². The summed E-state index contributed by atoms with van der Waals surface area (Å²) in [6, 6.07) is 20.6. The number of piperazine rings is 1. The first-order valence-corrected chi connectivity index (χ1v) is 26.4. The molecule has 9 rings (SSSR count). The number of H-pyrrole nitrogens is 1. The smallest absolute Gasteiger partial charge is 0.293 e. The van der Waals surface area contributed by atoms with Gasteiger partial charge < -0.3 is 29.6 Å². The van der Waals surface area contributed by atoms with Gasteiger partial charge in [0.15, 0.2) is 0 Å². The largest absolute Gasteiger partial charge is 0.474 e. The minimum atomic E-state index is -4.65. The topological polar surface area (TPSA) is 219 Å². The van der Waals surface area contributed by atoms with Crippen LogP contribution in [0.4, 0.5) is 28.4 Å². The molecule has 68 heavy (non-hydrogen) atoms. The third kappa shape index (κ3) is 10.3. The van der Waals surface area contributed by atoms with Crippen molar-refractivity contribution in [3.05, 3.63) is 111 Å². The molecular formula is C47H55ClN10O8S2. The van der Waals surface area contributed by atoms with E-state index in [1.54, 1.807) is 12.3 Å². The Kier molecular flexibility index (Phi) is 13.2. The molecule has 2 fully saturated rings. The number of nitrogens with one attached hydrogen (secondary N) is 4. The number of benzene rings is 3. The lowest BCUT2D eigenvalue weighted by atomic mass is 9.72. The lowest BCUT2D eigenvalue weighted by molar-refractivity contribution is -0.384. The van der Waals surface area contributed by atoms with Crippen molar-refractivity contribution >= 4 is 82.5 Å². The van der Waals surface area contributed by atoms with Crippen LogP contribution in [0.15, 0.2) is 89.5 Å². The Hall–Kier alpha value is -5.77. The summed E-state index contributed by atoms with van der Waals surface area (Å²) in [5.74, 6) is -0.566. The fourth-order valence-corrected chi connectivity index (χ4v) is 11.4. The number of ether oxygens (including phenoxy) is 2. The van der Waals surface area contributed by atoms with Gasteiger partial charge in [0.2, 0.25) is 5.88 Å². The Morgan fingerprint density at radius 3 is 2.51 bits per heavy atom. The second kappa shape index (κ2) is 19.0. The van der Waals surface area contributed by atoms with Crippen LogP contribution < -0.4 is 24.6 Å². The van der Waals surface area contributed by atoms with Crippen LogP contribution in [0.1, 0.15) is 49.0 Å². The van der Waals surface area contributed by atoms with Crippen molar-refractivity contribution in [2.45, 2.75) is 44.1 Å². The first-order chi connectivity index (χ1) is 32.4. The molecule has 2 saturated heterocycles. The van der Waals surface area contributed by atoms with Crippen LogP contribution in [-0.2, 0) is 24.7 Å². The van der Waals surface area contributed by atoms with E-state index in [4.69, 9.17) is 25.9 Å². The number of fused-ring (bicyclic) bond motifs is 2. The predicted octanol–water partition coefficient (Wildman–Crippen LogP) is 7.26. The second-order valence-corrected chi connectivity index (χ2v) is 22.8. The molecule has 2 aromatic heterocycles. The van der Waals surface area contributed by atoms with Gasteiger partial charge in [-0.05, 0) is 90.4 Å². The number of nitro benzene ring substituents is 1. The number of carbonyl (C=O) groups is 1. The number of nitrogens with zero attached hydrogens (tertiary/aromatic N) is 6. The molecule has 0 bridgehead atoms. The highest BCUT2D eigenvalue weighted by Gasteiger charge is 2.33. The molecule has 5 heterocycles. The molecule has 4 N–H and O–H groups in total. The number of nitro groups is 1. The van der Waals surface area contributed by atoms with Gasteiger partial charge in [0, 0.05) is 87.0 Å². The number of halogens is 1. The molecule has 18 nitrogen and oxygen atoms in total. The number of rotatable bonds is 13. The maximum absolute atomic E-state index is 14.3. The van der Waals surface area contributed by atoms with E-state index in [1.807, 2.05) is 41.3 Å². The zero-order valence-corrected chi connectivity index (χ0v) is 40.5. The SMILES string of the molecule is CC1(C)CCC(CN2CCN(c3ccc(C(=O)NS(=O)(=O)c4ccc(NCC5CN(S(C)(=N)=O)CCO5)c([N+](=O)[O-])c4)c(N4CCOc5nc6[nH]ccc6cc54)c3)CC2)=C(c2ccc(Cl)cc2)C1. The van der Waals surface area contributed by atoms with E-state index in [0.29, 0.717) is 36.0 Å². The maximum Gasteiger partial charge on any atom is 0.293 e. The molecule has 4 aliphatic rings. The molecule has 0 spiro atoms. The van der Waals surface area contributed by atoms with Crippen LogP contribution in [0.2, 0.25) is 5.02 Å². The average molecular weight is 988 g/mol. The number of aromatic nitrogens is 2. The monoisotopic (exact) mass is 986 g/mol. The van der Waals surface area contributed by atoms with Crippen LogP contribution in [0, 0.1) is 20.3 Å². The zero-order valence-electron chi connectivity index (χ0n) is 38.1. The van der Waals surface area contributed by atoms with E-state index in [9.17, 15) is 27.5 Å². The van der Waals surface area contributed by atoms with Gasteiger partial charge in [-0.2, -0.15) is 4.98 Å². The second-order valence-electron chi connectivity index (χ2n) is 18.6. The average Bonchev–Trinajstić information content (AvgIpc) is 3.78. The van der Waals surface area contributed by atoms with E-state index in [2.05, 4.69) is 55.8 Å². The van der Waals surface area contributed by atoms with Crippen molar-refractivity contribution in [2.75, 3.05) is 93.5 Å². The molecule has 2 unspecified atom stereocenters. The normalized spacial score (nSPS) is 20.1. The summed E-state index contributed by atoms with van der Waals surface area (Å²) >= 11 is 6.27. The maximum atomic E-state index is 14.3. The summed E-state index contributed by atoms with van der Waals surface area (Å²) in [7, 11) is -7.62. The zero-order chi connectivity index (χ0) is 48.0. The Morgan fingerprint density at radius 1 is 0.985 bits per heavy atom. The van der Waals surface area contributed by atoms with Gasteiger partial charge in [0.05, 0.1) is 40.3 Å². The van der Waals surface area contributed by atoms with E-state index >= 15 is 0 Å². The number of aromatic amines is 1. The Labute approximate surface area is 400 Å². The van der Waals surface area contributed by atoms with Crippen molar-refractivity contribution in [1.82, 2.24) is 23.9 Å². The number of anilines is 4. The van der Waals surface area contributed by atoms with Gasteiger partial charge in [-0.3, -0.25) is 19.8 Å². The fraction of sp³-hybridized carbons (Fsp3) is 0.404. The summed E-state index contributed by atoms with van der Waals surface area (Å²) in [6.07, 6.45) is 5.73. The number of allylic oxidation sites excluding steroid dienone is 1. The molecule has 360 valence electrons. The number of hydrogen-bond donors (Lipinski definition) is 4. The number of amides is 1. The third-order valence-electron chi connectivity index (χ3n) is 13.2. The van der Waals surface area contributed by atoms with Crippen LogP contribution >= 0.6 is 11.6 Å². The molecule has 2 atom stereocenters. The molecule has 1 amide bonds. The van der Waals surface area contributed by atoms with Crippen molar-refractivity contribution in [3.63, 3.8) is 0 Å². The molecule has 5 aromatic rings. The van der Waals surface area contributed by atoms with Gasteiger partial charge in [0.1, 0.15) is 33.5 Å². The lowest BCUT2D eigenvalue weighted by Gasteiger charge is -2.39. The van der Waals surface area contributed by atoms with E-state index in [-0.39, 0.29) is 43.0 Å². The van der Waals surface area contributed by atoms with Crippen LogP contribution in [0.3, 0.4) is 0 Å². The molecule has 3 aromatic carbocycles. The summed E-state index contributed by atoms with van der Waals surface area (Å²) in [4.78, 5) is 39.9. The molecule has 0 saturated carbocycles. The van der Waals surface area contributed by atoms with Gasteiger partial charge in [0.25, 0.3) is 21.6 Å². The van der Waals surface area contributed by atoms with Crippen molar-refractivity contribution in [3.8, 4) is 5.88 Å².